The molecule has 0 saturated carbocycles. The summed E-state index contributed by atoms with van der Waals surface area (Å²) in [7, 11) is 0. The maximum atomic E-state index is 5.59. The van der Waals surface area contributed by atoms with Crippen LogP contribution in [0.25, 0.3) is 11.3 Å². The number of hydrogen-bond acceptors (Lipinski definition) is 3. The van der Waals surface area contributed by atoms with Crippen molar-refractivity contribution < 1.29 is 4.52 Å². The zero-order valence-electron chi connectivity index (χ0n) is 9.29. The number of nitrogen functional groups attached to an aromatic ring is 1. The summed E-state index contributed by atoms with van der Waals surface area (Å²) in [6, 6.07) is 6.06. The lowest BCUT2D eigenvalue weighted by molar-refractivity contribution is 0.435. The van der Waals surface area contributed by atoms with Gasteiger partial charge in [-0.25, -0.2) is 0 Å². The van der Waals surface area contributed by atoms with E-state index in [1.807, 2.05) is 0 Å². The summed E-state index contributed by atoms with van der Waals surface area (Å²) in [5, 5.41) is 3.74. The van der Waals surface area contributed by atoms with E-state index in [0.29, 0.717) is 5.82 Å². The van der Waals surface area contributed by atoms with Crippen molar-refractivity contribution in [3.63, 3.8) is 0 Å². The zero-order valence-corrected chi connectivity index (χ0v) is 9.29. The first-order valence-corrected chi connectivity index (χ1v) is 5.59. The van der Waals surface area contributed by atoms with Gasteiger partial charge in [0, 0.05) is 11.6 Å². The Hall–Kier alpha value is -1.77. The minimum absolute atomic E-state index is 0.447. The van der Waals surface area contributed by atoms with Crippen molar-refractivity contribution in [1.29, 1.82) is 0 Å². The molecule has 1 aliphatic rings. The maximum absolute atomic E-state index is 5.59. The van der Waals surface area contributed by atoms with Gasteiger partial charge in [0.1, 0.15) is 0 Å². The molecule has 0 radical (unpaired) electrons. The van der Waals surface area contributed by atoms with Gasteiger partial charge >= 0.3 is 0 Å². The van der Waals surface area contributed by atoms with Crippen LogP contribution < -0.4 is 5.73 Å². The number of fused-ring (bicyclic) bond motifs is 1. The predicted octanol–water partition coefficient (Wildman–Crippen LogP) is 2.72. The van der Waals surface area contributed by atoms with Gasteiger partial charge < -0.3 is 10.3 Å². The molecule has 0 bridgehead atoms. The van der Waals surface area contributed by atoms with Crippen LogP contribution in [0.2, 0.25) is 0 Å². The van der Waals surface area contributed by atoms with Gasteiger partial charge in [-0.1, -0.05) is 17.3 Å². The lowest BCUT2D eigenvalue weighted by atomic mass is 9.97. The molecule has 0 spiro atoms. The zero-order chi connectivity index (χ0) is 11.1. The number of aromatic nitrogens is 1. The van der Waals surface area contributed by atoms with E-state index in [0.717, 1.165) is 17.7 Å². The highest BCUT2D eigenvalue weighted by Gasteiger charge is 2.19. The molecule has 0 saturated heterocycles. The Bertz CT molecular complexity index is 543. The van der Waals surface area contributed by atoms with E-state index in [9.17, 15) is 0 Å². The molecule has 0 atom stereocenters. The molecular formula is C13H14N2O. The molecule has 0 amide bonds. The Kier molecular flexibility index (Phi) is 1.99. The third-order valence-corrected chi connectivity index (χ3v) is 3.31. The third-order valence-electron chi connectivity index (χ3n) is 3.31. The van der Waals surface area contributed by atoms with Gasteiger partial charge in [-0.05, 0) is 42.9 Å². The molecule has 0 unspecified atom stereocenters. The largest absolute Gasteiger partial charge is 0.381 e. The van der Waals surface area contributed by atoms with E-state index in [-0.39, 0.29) is 0 Å². The summed E-state index contributed by atoms with van der Waals surface area (Å²) >= 11 is 0. The lowest BCUT2D eigenvalue weighted by Gasteiger charge is -2.07. The van der Waals surface area contributed by atoms with Crippen molar-refractivity contribution in [3.8, 4) is 11.3 Å². The number of aryl methyl sites for hydroxylation is 1. The SMILES string of the molecule is Cc1ccc(-c2cc(N)no2)c2c1CCC2. The summed E-state index contributed by atoms with van der Waals surface area (Å²) in [5.41, 5.74) is 11.0. The second-order valence-electron chi connectivity index (χ2n) is 4.36. The lowest BCUT2D eigenvalue weighted by Crippen LogP contribution is -1.91. The van der Waals surface area contributed by atoms with E-state index in [2.05, 4.69) is 24.2 Å². The van der Waals surface area contributed by atoms with Gasteiger partial charge in [-0.15, -0.1) is 0 Å². The Morgan fingerprint density at radius 2 is 2.06 bits per heavy atom. The van der Waals surface area contributed by atoms with E-state index in [1.54, 1.807) is 6.07 Å². The second-order valence-corrected chi connectivity index (χ2v) is 4.36. The van der Waals surface area contributed by atoms with Crippen LogP contribution in [-0.2, 0) is 12.8 Å². The van der Waals surface area contributed by atoms with E-state index in [4.69, 9.17) is 10.3 Å². The summed E-state index contributed by atoms with van der Waals surface area (Å²) in [6.07, 6.45) is 3.54. The van der Waals surface area contributed by atoms with Crippen molar-refractivity contribution >= 4 is 5.82 Å². The van der Waals surface area contributed by atoms with E-state index >= 15 is 0 Å². The summed E-state index contributed by atoms with van der Waals surface area (Å²) < 4.78 is 5.24. The second kappa shape index (κ2) is 3.37. The molecule has 1 aromatic heterocycles. The Morgan fingerprint density at radius 3 is 2.81 bits per heavy atom. The number of nitrogens with zero attached hydrogens (tertiary/aromatic N) is 1. The quantitative estimate of drug-likeness (QED) is 0.794. The molecule has 3 nitrogen and oxygen atoms in total. The highest BCUT2D eigenvalue weighted by atomic mass is 16.5. The van der Waals surface area contributed by atoms with Gasteiger partial charge in [-0.3, -0.25) is 0 Å². The fraction of sp³-hybridized carbons (Fsp3) is 0.308. The van der Waals surface area contributed by atoms with Gasteiger partial charge in [-0.2, -0.15) is 0 Å². The number of nitrogens with two attached hydrogens (primary N) is 1. The number of hydrogen-bond donors (Lipinski definition) is 1. The van der Waals surface area contributed by atoms with Gasteiger partial charge in [0.15, 0.2) is 11.6 Å². The normalized spacial score (nSPS) is 14.1. The molecule has 16 heavy (non-hydrogen) atoms. The monoisotopic (exact) mass is 214 g/mol. The smallest absolute Gasteiger partial charge is 0.169 e. The average molecular weight is 214 g/mol. The molecule has 1 aliphatic carbocycles. The maximum Gasteiger partial charge on any atom is 0.169 e. The number of anilines is 1. The van der Waals surface area contributed by atoms with Crippen molar-refractivity contribution in [2.45, 2.75) is 26.2 Å². The summed E-state index contributed by atoms with van der Waals surface area (Å²) in [4.78, 5) is 0. The molecular weight excluding hydrogens is 200 g/mol. The molecule has 1 heterocycles. The van der Waals surface area contributed by atoms with E-state index in [1.165, 1.54) is 29.5 Å². The molecule has 2 N–H and O–H groups in total. The predicted molar refractivity (Wildman–Crippen MR) is 63.1 cm³/mol. The van der Waals surface area contributed by atoms with Crippen LogP contribution in [0.15, 0.2) is 22.7 Å². The first kappa shape index (κ1) is 9.46. The van der Waals surface area contributed by atoms with Crippen molar-refractivity contribution in [2.24, 2.45) is 0 Å². The van der Waals surface area contributed by atoms with Crippen LogP contribution >= 0.6 is 0 Å². The summed E-state index contributed by atoms with van der Waals surface area (Å²) in [6.45, 7) is 2.17. The Labute approximate surface area is 94.2 Å². The van der Waals surface area contributed by atoms with Crippen LogP contribution in [0.4, 0.5) is 5.82 Å². The molecule has 0 fully saturated rings. The Balaban J connectivity index is 2.19. The van der Waals surface area contributed by atoms with Crippen LogP contribution in [0.3, 0.4) is 0 Å². The van der Waals surface area contributed by atoms with Crippen LogP contribution in [0.1, 0.15) is 23.1 Å². The van der Waals surface area contributed by atoms with Gasteiger partial charge in [0.2, 0.25) is 0 Å². The van der Waals surface area contributed by atoms with Crippen molar-refractivity contribution in [1.82, 2.24) is 5.16 Å². The highest BCUT2D eigenvalue weighted by Crippen LogP contribution is 2.34. The van der Waals surface area contributed by atoms with Gasteiger partial charge in [0.25, 0.3) is 0 Å². The molecule has 3 heteroatoms. The first-order chi connectivity index (χ1) is 7.75. The van der Waals surface area contributed by atoms with Crippen molar-refractivity contribution in [2.75, 3.05) is 5.73 Å². The molecule has 2 aromatic rings. The fourth-order valence-corrected chi connectivity index (χ4v) is 2.53. The molecule has 1 aromatic carbocycles. The highest BCUT2D eigenvalue weighted by molar-refractivity contribution is 5.67. The van der Waals surface area contributed by atoms with Crippen molar-refractivity contribution in [3.05, 3.63) is 34.9 Å². The summed E-state index contributed by atoms with van der Waals surface area (Å²) in [5.74, 6) is 1.23. The fourth-order valence-electron chi connectivity index (χ4n) is 2.53. The van der Waals surface area contributed by atoms with E-state index < -0.39 is 0 Å². The number of rotatable bonds is 1. The molecule has 0 aliphatic heterocycles. The minimum Gasteiger partial charge on any atom is -0.381 e. The number of benzene rings is 1. The molecule has 82 valence electrons. The van der Waals surface area contributed by atoms with Gasteiger partial charge in [0.05, 0.1) is 0 Å². The molecule has 3 rings (SSSR count). The van der Waals surface area contributed by atoms with Crippen LogP contribution in [0.5, 0.6) is 0 Å². The third kappa shape index (κ3) is 1.32. The first-order valence-electron chi connectivity index (χ1n) is 5.59. The topological polar surface area (TPSA) is 52.0 Å². The average Bonchev–Trinajstić information content (AvgIpc) is 2.87. The Morgan fingerprint density at radius 1 is 1.25 bits per heavy atom. The van der Waals surface area contributed by atoms with Crippen LogP contribution in [-0.4, -0.2) is 5.16 Å². The minimum atomic E-state index is 0.447. The van der Waals surface area contributed by atoms with Crippen LogP contribution in [0, 0.1) is 6.92 Å². The standard InChI is InChI=1S/C13H14N2O/c1-8-5-6-11(10-4-2-3-9(8)10)12-7-13(14)15-16-12/h5-7H,2-4H2,1H3,(H2,14,15).